The Bertz CT molecular complexity index is 1150. The molecule has 0 saturated heterocycles. The number of benzene rings is 2. The Kier molecular flexibility index (Phi) is 7.14. The van der Waals surface area contributed by atoms with Gasteiger partial charge in [0.2, 0.25) is 15.2 Å². The van der Waals surface area contributed by atoms with Crippen LogP contribution in [0.15, 0.2) is 48.5 Å². The van der Waals surface area contributed by atoms with Gasteiger partial charge in [0.15, 0.2) is 6.10 Å². The second kappa shape index (κ2) is 9.63. The number of sulfonamides is 1. The van der Waals surface area contributed by atoms with Crippen molar-refractivity contribution >= 4 is 49.7 Å². The van der Waals surface area contributed by atoms with Crippen LogP contribution in [0.4, 0.5) is 10.8 Å². The van der Waals surface area contributed by atoms with Crippen molar-refractivity contribution in [1.82, 2.24) is 10.2 Å². The number of nitrogens with one attached hydrogen (secondary N) is 1. The zero-order valence-corrected chi connectivity index (χ0v) is 19.5. The van der Waals surface area contributed by atoms with Crippen LogP contribution in [-0.2, 0) is 14.8 Å². The lowest BCUT2D eigenvalue weighted by atomic mass is 10.2. The smallest absolute Gasteiger partial charge is 0.267 e. The number of ether oxygens (including phenoxy) is 1. The fraction of sp³-hybridized carbons (Fsp3) is 0.250. The summed E-state index contributed by atoms with van der Waals surface area (Å²) in [6.45, 7) is 1.83. The van der Waals surface area contributed by atoms with Crippen molar-refractivity contribution in [3.63, 3.8) is 0 Å². The van der Waals surface area contributed by atoms with E-state index < -0.39 is 16.1 Å². The second-order valence-electron chi connectivity index (χ2n) is 6.65. The molecule has 11 heteroatoms. The van der Waals surface area contributed by atoms with E-state index in [0.29, 0.717) is 33.0 Å². The minimum absolute atomic E-state index is 0.348. The van der Waals surface area contributed by atoms with Crippen LogP contribution in [-0.4, -0.2) is 43.9 Å². The van der Waals surface area contributed by atoms with Crippen molar-refractivity contribution in [2.24, 2.45) is 0 Å². The molecule has 8 nitrogen and oxygen atoms in total. The number of carbonyl (C=O) groups excluding carboxylic acids is 1. The Morgan fingerprint density at radius 1 is 1.16 bits per heavy atom. The van der Waals surface area contributed by atoms with Gasteiger partial charge >= 0.3 is 0 Å². The summed E-state index contributed by atoms with van der Waals surface area (Å²) in [6, 6.07) is 13.7. The topological polar surface area (TPSA) is 101 Å². The van der Waals surface area contributed by atoms with Gasteiger partial charge in [0, 0.05) is 17.6 Å². The molecule has 1 aromatic heterocycles. The third-order valence-corrected chi connectivity index (χ3v) is 6.73. The lowest BCUT2D eigenvalue weighted by molar-refractivity contribution is -0.122. The molecule has 0 fully saturated rings. The first-order valence-electron chi connectivity index (χ1n) is 9.28. The van der Waals surface area contributed by atoms with Crippen LogP contribution in [0.2, 0.25) is 5.02 Å². The van der Waals surface area contributed by atoms with Gasteiger partial charge in [-0.3, -0.25) is 14.4 Å². The van der Waals surface area contributed by atoms with Crippen LogP contribution in [0.3, 0.4) is 0 Å². The molecular weight excluding hydrogens is 460 g/mol. The number of hydrogen-bond acceptors (Lipinski definition) is 7. The summed E-state index contributed by atoms with van der Waals surface area (Å²) in [5, 5.41) is 12.5. The van der Waals surface area contributed by atoms with Gasteiger partial charge < -0.3 is 4.74 Å². The highest BCUT2D eigenvalue weighted by Gasteiger charge is 2.21. The summed E-state index contributed by atoms with van der Waals surface area (Å²) in [6.07, 6.45) is 0.807. The zero-order valence-electron chi connectivity index (χ0n) is 17.1. The van der Waals surface area contributed by atoms with E-state index in [1.54, 1.807) is 36.4 Å². The summed E-state index contributed by atoms with van der Waals surface area (Å²) in [5.74, 6) is 0.102. The van der Waals surface area contributed by atoms with E-state index in [2.05, 4.69) is 15.5 Å². The van der Waals surface area contributed by atoms with Crippen molar-refractivity contribution in [3.8, 4) is 16.3 Å². The molecule has 1 heterocycles. The van der Waals surface area contributed by atoms with Crippen LogP contribution in [0.25, 0.3) is 10.6 Å². The molecular formula is C20H21ClN4O4S2. The van der Waals surface area contributed by atoms with Crippen LogP contribution in [0, 0.1) is 0 Å². The van der Waals surface area contributed by atoms with E-state index in [9.17, 15) is 13.2 Å². The molecule has 3 aromatic rings. The molecule has 0 aliphatic carbocycles. The van der Waals surface area contributed by atoms with E-state index >= 15 is 0 Å². The van der Waals surface area contributed by atoms with Crippen LogP contribution in [0.5, 0.6) is 5.75 Å². The van der Waals surface area contributed by atoms with Crippen LogP contribution >= 0.6 is 22.9 Å². The van der Waals surface area contributed by atoms with Crippen molar-refractivity contribution in [2.45, 2.75) is 19.4 Å². The van der Waals surface area contributed by atoms with E-state index in [0.717, 1.165) is 16.1 Å². The number of hydrogen-bond donors (Lipinski definition) is 1. The first kappa shape index (κ1) is 23.0. The number of rotatable bonds is 8. The number of halogens is 1. The Morgan fingerprint density at radius 3 is 2.39 bits per heavy atom. The zero-order chi connectivity index (χ0) is 22.6. The number of nitrogens with zero attached hydrogens (tertiary/aromatic N) is 3. The average molecular weight is 481 g/mol. The summed E-state index contributed by atoms with van der Waals surface area (Å²) in [4.78, 5) is 12.6. The Morgan fingerprint density at radius 2 is 1.81 bits per heavy atom. The minimum Gasteiger partial charge on any atom is -0.481 e. The Labute approximate surface area is 189 Å². The molecule has 0 bridgehead atoms. The SMILES string of the molecule is CCC(Oc1ccc(N(C)S(C)(=O)=O)cc1)C(=O)Nc1nnc(-c2ccc(Cl)cc2)s1. The summed E-state index contributed by atoms with van der Waals surface area (Å²) in [5.41, 5.74) is 1.35. The average Bonchev–Trinajstić information content (AvgIpc) is 3.20. The molecule has 31 heavy (non-hydrogen) atoms. The molecule has 164 valence electrons. The highest BCUT2D eigenvalue weighted by molar-refractivity contribution is 7.92. The maximum Gasteiger partial charge on any atom is 0.267 e. The van der Waals surface area contributed by atoms with E-state index in [-0.39, 0.29) is 5.91 Å². The highest BCUT2D eigenvalue weighted by atomic mass is 35.5. The molecule has 2 aromatic carbocycles. The number of amides is 1. The van der Waals surface area contributed by atoms with Gasteiger partial charge in [-0.15, -0.1) is 10.2 Å². The predicted octanol–water partition coefficient (Wildman–Crippen LogP) is 4.05. The lowest BCUT2D eigenvalue weighted by Gasteiger charge is -2.19. The van der Waals surface area contributed by atoms with Crippen molar-refractivity contribution in [3.05, 3.63) is 53.6 Å². The third kappa shape index (κ3) is 5.93. The van der Waals surface area contributed by atoms with E-state index in [4.69, 9.17) is 16.3 Å². The Hall–Kier alpha value is -2.69. The molecule has 1 N–H and O–H groups in total. The van der Waals surface area contributed by atoms with Gasteiger partial charge in [-0.2, -0.15) is 0 Å². The first-order chi connectivity index (χ1) is 14.7. The molecule has 3 rings (SSSR count). The molecule has 1 unspecified atom stereocenters. The minimum atomic E-state index is -3.35. The van der Waals surface area contributed by atoms with E-state index in [1.165, 1.54) is 18.4 Å². The maximum absolute atomic E-state index is 12.6. The molecule has 0 saturated carbocycles. The quantitative estimate of drug-likeness (QED) is 0.522. The standard InChI is InChI=1S/C20H21ClN4O4S2/c1-4-17(29-16-11-9-15(10-12-16)25(2)31(3,27)28)18(26)22-20-24-23-19(30-20)13-5-7-14(21)8-6-13/h5-12,17H,4H2,1-3H3,(H,22,24,26). The molecule has 0 radical (unpaired) electrons. The van der Waals surface area contributed by atoms with Gasteiger partial charge in [0.05, 0.1) is 11.9 Å². The summed E-state index contributed by atoms with van der Waals surface area (Å²) in [7, 11) is -1.89. The maximum atomic E-state index is 12.6. The number of anilines is 2. The van der Waals surface area contributed by atoms with Crippen LogP contribution in [0.1, 0.15) is 13.3 Å². The van der Waals surface area contributed by atoms with Crippen molar-refractivity contribution in [2.75, 3.05) is 22.9 Å². The largest absolute Gasteiger partial charge is 0.481 e. The predicted molar refractivity (Wildman–Crippen MR) is 123 cm³/mol. The molecule has 0 aliphatic heterocycles. The third-order valence-electron chi connectivity index (χ3n) is 4.39. The first-order valence-corrected chi connectivity index (χ1v) is 12.3. The van der Waals surface area contributed by atoms with Gasteiger partial charge in [0.25, 0.3) is 5.91 Å². The fourth-order valence-corrected chi connectivity index (χ4v) is 3.96. The second-order valence-corrected chi connectivity index (χ2v) is 10.1. The van der Waals surface area contributed by atoms with Gasteiger partial charge in [0.1, 0.15) is 10.8 Å². The molecule has 0 spiro atoms. The number of aromatic nitrogens is 2. The highest BCUT2D eigenvalue weighted by Crippen LogP contribution is 2.28. The number of carbonyl (C=O) groups is 1. The van der Waals surface area contributed by atoms with Gasteiger partial charge in [-0.05, 0) is 42.8 Å². The summed E-state index contributed by atoms with van der Waals surface area (Å²) >= 11 is 7.15. The molecule has 1 amide bonds. The fourth-order valence-electron chi connectivity index (χ4n) is 2.58. The normalized spacial score (nSPS) is 12.3. The van der Waals surface area contributed by atoms with Crippen molar-refractivity contribution < 1.29 is 17.9 Å². The van der Waals surface area contributed by atoms with Crippen molar-refractivity contribution in [1.29, 1.82) is 0 Å². The Balaban J connectivity index is 1.65. The van der Waals surface area contributed by atoms with E-state index in [1.807, 2.05) is 19.1 Å². The van der Waals surface area contributed by atoms with Crippen LogP contribution < -0.4 is 14.4 Å². The van der Waals surface area contributed by atoms with Gasteiger partial charge in [-0.1, -0.05) is 42.0 Å². The van der Waals surface area contributed by atoms with Gasteiger partial charge in [-0.25, -0.2) is 8.42 Å². The monoisotopic (exact) mass is 480 g/mol. The summed E-state index contributed by atoms with van der Waals surface area (Å²) < 4.78 is 30.2. The lowest BCUT2D eigenvalue weighted by Crippen LogP contribution is -2.32. The molecule has 0 aliphatic rings. The molecule has 1 atom stereocenters.